The zero-order valence-corrected chi connectivity index (χ0v) is 13.3. The summed E-state index contributed by atoms with van der Waals surface area (Å²) >= 11 is 5.84. The molecular formula is C17H14ClN5O. The molecule has 0 aliphatic carbocycles. The van der Waals surface area contributed by atoms with E-state index >= 15 is 0 Å². The molecule has 0 radical (unpaired) electrons. The van der Waals surface area contributed by atoms with Crippen molar-refractivity contribution < 1.29 is 4.79 Å². The van der Waals surface area contributed by atoms with Crippen molar-refractivity contribution in [2.75, 3.05) is 4.90 Å². The van der Waals surface area contributed by atoms with E-state index in [1.165, 1.54) is 6.08 Å². The van der Waals surface area contributed by atoms with E-state index in [2.05, 4.69) is 10.7 Å². The van der Waals surface area contributed by atoms with Crippen LogP contribution in [0.5, 0.6) is 0 Å². The molecule has 0 spiro atoms. The zero-order chi connectivity index (χ0) is 17.1. The number of carbonyl (C=O) groups excluding carboxylic acids is 1. The maximum Gasteiger partial charge on any atom is 0.266 e. The largest absolute Gasteiger partial charge is 0.364 e. The molecule has 24 heavy (non-hydrogen) atoms. The van der Waals surface area contributed by atoms with E-state index in [0.717, 1.165) is 16.0 Å². The number of anilines is 1. The molecule has 1 unspecified atom stereocenters. The highest BCUT2D eigenvalue weighted by Crippen LogP contribution is 2.30. The van der Waals surface area contributed by atoms with Crippen LogP contribution in [0.2, 0.25) is 5.02 Å². The molecule has 4 N–H and O–H groups in total. The summed E-state index contributed by atoms with van der Waals surface area (Å²) in [5, 5.41) is 13.0. The fourth-order valence-electron chi connectivity index (χ4n) is 2.57. The standard InChI is InChI=1S/C17H14ClN5O/c18-11-5-7-12(8-6-11)23(10-19)16(24)9-15-13-3-1-2-4-14(13)17(21-15)22-20/h1-9,17,21-22H,20H2. The van der Waals surface area contributed by atoms with Crippen LogP contribution in [-0.2, 0) is 4.79 Å². The predicted molar refractivity (Wildman–Crippen MR) is 92.2 cm³/mol. The highest BCUT2D eigenvalue weighted by Gasteiger charge is 2.25. The van der Waals surface area contributed by atoms with Gasteiger partial charge in [-0.2, -0.15) is 5.26 Å². The molecule has 2 aromatic rings. The molecule has 1 atom stereocenters. The summed E-state index contributed by atoms with van der Waals surface area (Å²) in [6.45, 7) is 0. The third kappa shape index (κ3) is 2.96. The Bertz CT molecular complexity index is 841. The van der Waals surface area contributed by atoms with Gasteiger partial charge in [-0.05, 0) is 29.8 Å². The van der Waals surface area contributed by atoms with Crippen LogP contribution < -0.4 is 21.5 Å². The number of halogens is 1. The van der Waals surface area contributed by atoms with E-state index in [4.69, 9.17) is 17.4 Å². The molecule has 1 aliphatic heterocycles. The second-order valence-electron chi connectivity index (χ2n) is 5.14. The summed E-state index contributed by atoms with van der Waals surface area (Å²) in [4.78, 5) is 13.5. The Morgan fingerprint density at radius 3 is 2.67 bits per heavy atom. The average Bonchev–Trinajstić information content (AvgIpc) is 2.95. The molecule has 1 heterocycles. The first-order valence-electron chi connectivity index (χ1n) is 7.17. The fourth-order valence-corrected chi connectivity index (χ4v) is 2.69. The van der Waals surface area contributed by atoms with Gasteiger partial charge in [0.2, 0.25) is 0 Å². The van der Waals surface area contributed by atoms with E-state index in [0.29, 0.717) is 16.4 Å². The average molecular weight is 340 g/mol. The van der Waals surface area contributed by atoms with Crippen molar-refractivity contribution in [2.45, 2.75) is 6.17 Å². The number of nitrogens with two attached hydrogens (primary N) is 1. The quantitative estimate of drug-likeness (QED) is 0.262. The zero-order valence-electron chi connectivity index (χ0n) is 12.5. The molecular weight excluding hydrogens is 326 g/mol. The van der Waals surface area contributed by atoms with E-state index < -0.39 is 5.91 Å². The minimum Gasteiger partial charge on any atom is -0.364 e. The van der Waals surface area contributed by atoms with Crippen molar-refractivity contribution in [3.63, 3.8) is 0 Å². The summed E-state index contributed by atoms with van der Waals surface area (Å²) in [6.07, 6.45) is 2.99. The predicted octanol–water partition coefficient (Wildman–Crippen LogP) is 2.26. The van der Waals surface area contributed by atoms with Gasteiger partial charge in [0, 0.05) is 22.4 Å². The number of hydrazine groups is 1. The van der Waals surface area contributed by atoms with E-state index in [-0.39, 0.29) is 6.17 Å². The maximum atomic E-state index is 12.5. The topological polar surface area (TPSA) is 94.2 Å². The minimum absolute atomic E-state index is 0.286. The Kier molecular flexibility index (Phi) is 4.49. The lowest BCUT2D eigenvalue weighted by atomic mass is 10.1. The van der Waals surface area contributed by atoms with Gasteiger partial charge in [-0.3, -0.25) is 10.6 Å². The molecule has 120 valence electrons. The number of fused-ring (bicyclic) bond motifs is 1. The second kappa shape index (κ2) is 6.72. The fraction of sp³-hybridized carbons (Fsp3) is 0.0588. The number of nitrogens with one attached hydrogen (secondary N) is 2. The van der Waals surface area contributed by atoms with Gasteiger partial charge >= 0.3 is 0 Å². The normalized spacial score (nSPS) is 17.0. The number of rotatable bonds is 3. The third-order valence-corrected chi connectivity index (χ3v) is 3.95. The molecule has 7 heteroatoms. The Hall–Kier alpha value is -2.85. The van der Waals surface area contributed by atoms with Gasteiger partial charge in [0.1, 0.15) is 6.17 Å². The van der Waals surface area contributed by atoms with Gasteiger partial charge in [-0.1, -0.05) is 35.9 Å². The number of benzene rings is 2. The maximum absolute atomic E-state index is 12.5. The van der Waals surface area contributed by atoms with Crippen LogP contribution in [0.3, 0.4) is 0 Å². The van der Waals surface area contributed by atoms with Crippen molar-refractivity contribution in [3.8, 4) is 6.19 Å². The SMILES string of the molecule is N#CN(C(=O)C=C1NC(NN)c2ccccc21)c1ccc(Cl)cc1. The monoisotopic (exact) mass is 339 g/mol. The van der Waals surface area contributed by atoms with Crippen molar-refractivity contribution in [1.29, 1.82) is 5.26 Å². The van der Waals surface area contributed by atoms with E-state index in [1.807, 2.05) is 30.5 Å². The molecule has 3 rings (SSSR count). The number of nitriles is 1. The van der Waals surface area contributed by atoms with Gasteiger partial charge in [-0.15, -0.1) is 0 Å². The van der Waals surface area contributed by atoms with E-state index in [9.17, 15) is 10.1 Å². The summed E-state index contributed by atoms with van der Waals surface area (Å²) in [6, 6.07) is 14.0. The molecule has 0 aromatic heterocycles. The van der Waals surface area contributed by atoms with Gasteiger partial charge in [0.25, 0.3) is 5.91 Å². The summed E-state index contributed by atoms with van der Waals surface area (Å²) in [5.74, 6) is 5.07. The number of amides is 1. The molecule has 2 aromatic carbocycles. The van der Waals surface area contributed by atoms with Gasteiger partial charge in [0.05, 0.1) is 5.69 Å². The molecule has 0 fully saturated rings. The van der Waals surface area contributed by atoms with Gasteiger partial charge in [-0.25, -0.2) is 10.3 Å². The number of carbonyl (C=O) groups is 1. The van der Waals surface area contributed by atoms with Crippen LogP contribution in [0.25, 0.3) is 5.70 Å². The highest BCUT2D eigenvalue weighted by atomic mass is 35.5. The highest BCUT2D eigenvalue weighted by molar-refractivity contribution is 6.30. The summed E-state index contributed by atoms with van der Waals surface area (Å²) in [7, 11) is 0. The van der Waals surface area contributed by atoms with Crippen LogP contribution in [0.4, 0.5) is 5.69 Å². The van der Waals surface area contributed by atoms with Crippen molar-refractivity contribution in [3.05, 3.63) is 70.8 Å². The number of hydrogen-bond acceptors (Lipinski definition) is 5. The van der Waals surface area contributed by atoms with Crippen molar-refractivity contribution in [2.24, 2.45) is 5.84 Å². The van der Waals surface area contributed by atoms with Crippen LogP contribution in [0, 0.1) is 11.5 Å². The van der Waals surface area contributed by atoms with Crippen LogP contribution in [0.15, 0.2) is 54.6 Å². The first kappa shape index (κ1) is 16.0. The van der Waals surface area contributed by atoms with E-state index in [1.54, 1.807) is 24.3 Å². The van der Waals surface area contributed by atoms with Gasteiger partial charge < -0.3 is 5.32 Å². The van der Waals surface area contributed by atoms with Crippen LogP contribution in [-0.4, -0.2) is 5.91 Å². The van der Waals surface area contributed by atoms with Crippen LogP contribution in [0.1, 0.15) is 17.3 Å². The third-order valence-electron chi connectivity index (χ3n) is 3.70. The minimum atomic E-state index is -0.463. The van der Waals surface area contributed by atoms with Crippen LogP contribution >= 0.6 is 11.6 Å². The molecule has 0 saturated heterocycles. The summed E-state index contributed by atoms with van der Waals surface area (Å²) < 4.78 is 0. The number of nitrogens with zero attached hydrogens (tertiary/aromatic N) is 2. The molecule has 1 amide bonds. The molecule has 6 nitrogen and oxygen atoms in total. The lowest BCUT2D eigenvalue weighted by molar-refractivity contribution is -0.113. The molecule has 0 saturated carbocycles. The molecule has 0 bridgehead atoms. The Labute approximate surface area is 144 Å². The summed E-state index contributed by atoms with van der Waals surface area (Å²) in [5.41, 5.74) is 5.50. The first-order chi connectivity index (χ1) is 11.6. The first-order valence-corrected chi connectivity index (χ1v) is 7.55. The Morgan fingerprint density at radius 2 is 2.00 bits per heavy atom. The lowest BCUT2D eigenvalue weighted by Gasteiger charge is -2.13. The Balaban J connectivity index is 1.92. The van der Waals surface area contributed by atoms with Crippen molar-refractivity contribution in [1.82, 2.24) is 10.7 Å². The Morgan fingerprint density at radius 1 is 1.29 bits per heavy atom. The van der Waals surface area contributed by atoms with Gasteiger partial charge in [0.15, 0.2) is 6.19 Å². The second-order valence-corrected chi connectivity index (χ2v) is 5.58. The smallest absolute Gasteiger partial charge is 0.266 e. The number of hydrogen-bond donors (Lipinski definition) is 3. The lowest BCUT2D eigenvalue weighted by Crippen LogP contribution is -2.34. The molecule has 1 aliphatic rings. The van der Waals surface area contributed by atoms with Crippen molar-refractivity contribution >= 4 is 28.9 Å².